The van der Waals surface area contributed by atoms with Crippen LogP contribution in [-0.2, 0) is 0 Å². The molecule has 9 nitrogen and oxygen atoms in total. The predicted octanol–water partition coefficient (Wildman–Crippen LogP) is 3.56. The van der Waals surface area contributed by atoms with Gasteiger partial charge < -0.3 is 24.1 Å². The summed E-state index contributed by atoms with van der Waals surface area (Å²) in [7, 11) is 5.58. The fourth-order valence-corrected chi connectivity index (χ4v) is 3.27. The predicted molar refractivity (Wildman–Crippen MR) is 125 cm³/mol. The first kappa shape index (κ1) is 25.0. The van der Waals surface area contributed by atoms with Crippen LogP contribution in [0.4, 0.5) is 0 Å². The molecule has 0 amide bonds. The molecule has 0 atom stereocenters. The van der Waals surface area contributed by atoms with Gasteiger partial charge in [-0.3, -0.25) is 19.2 Å². The van der Waals surface area contributed by atoms with Crippen LogP contribution in [0.25, 0.3) is 0 Å². The second-order valence-corrected chi connectivity index (χ2v) is 7.29. The van der Waals surface area contributed by atoms with E-state index in [1.807, 2.05) is 0 Å². The van der Waals surface area contributed by atoms with Crippen LogP contribution < -0.4 is 18.9 Å². The van der Waals surface area contributed by atoms with Crippen molar-refractivity contribution in [1.29, 1.82) is 0 Å². The Morgan fingerprint density at radius 1 is 0.457 bits per heavy atom. The molecule has 0 saturated carbocycles. The minimum Gasteiger partial charge on any atom is -0.508 e. The third-order valence-corrected chi connectivity index (χ3v) is 5.08. The van der Waals surface area contributed by atoms with Gasteiger partial charge in [0.05, 0.1) is 28.4 Å². The fraction of sp³-hybridized carbons (Fsp3) is 0.154. The Morgan fingerprint density at radius 2 is 0.714 bits per heavy atom. The Labute approximate surface area is 200 Å². The summed E-state index contributed by atoms with van der Waals surface area (Å²) in [5.41, 5.74) is -0.559. The molecule has 0 unspecified atom stereocenters. The Balaban J connectivity index is 1.95. The van der Waals surface area contributed by atoms with E-state index in [4.69, 9.17) is 18.9 Å². The van der Waals surface area contributed by atoms with E-state index in [0.717, 1.165) is 18.2 Å². The van der Waals surface area contributed by atoms with Crippen molar-refractivity contribution < 1.29 is 43.2 Å². The Morgan fingerprint density at radius 3 is 0.971 bits per heavy atom. The number of ketones is 4. The van der Waals surface area contributed by atoms with E-state index in [1.54, 1.807) is 0 Å². The number of ether oxygens (including phenoxy) is 4. The van der Waals surface area contributed by atoms with Gasteiger partial charge in [0.15, 0.2) is 0 Å². The molecule has 180 valence electrons. The summed E-state index contributed by atoms with van der Waals surface area (Å²) >= 11 is 0. The van der Waals surface area contributed by atoms with Crippen molar-refractivity contribution in [3.05, 3.63) is 76.9 Å². The van der Waals surface area contributed by atoms with E-state index < -0.39 is 28.9 Å². The number of carbonyl (C=O) groups is 4. The molecule has 9 heteroatoms. The molecule has 0 aromatic heterocycles. The maximum atomic E-state index is 12.9. The van der Waals surface area contributed by atoms with Crippen molar-refractivity contribution in [3.8, 4) is 28.7 Å². The zero-order valence-corrected chi connectivity index (χ0v) is 19.4. The highest BCUT2D eigenvalue weighted by atomic mass is 16.5. The first-order valence-corrected chi connectivity index (χ1v) is 10.2. The van der Waals surface area contributed by atoms with Gasteiger partial charge in [-0.1, -0.05) is 0 Å². The van der Waals surface area contributed by atoms with Gasteiger partial charge in [0.1, 0.15) is 28.7 Å². The van der Waals surface area contributed by atoms with Crippen LogP contribution in [0, 0.1) is 0 Å². The summed E-state index contributed by atoms with van der Waals surface area (Å²) in [4.78, 5) is 51.5. The molecule has 3 aromatic carbocycles. The Hall–Kier alpha value is -4.66. The summed E-state index contributed by atoms with van der Waals surface area (Å²) in [6, 6.07) is 11.6. The molecule has 0 bridgehead atoms. The maximum absolute atomic E-state index is 12.9. The number of aromatic hydroxyl groups is 1. The van der Waals surface area contributed by atoms with Crippen molar-refractivity contribution >= 4 is 23.1 Å². The normalized spacial score (nSPS) is 10.3. The van der Waals surface area contributed by atoms with Crippen LogP contribution in [-0.4, -0.2) is 56.7 Å². The smallest absolute Gasteiger partial charge is 0.233 e. The average Bonchev–Trinajstić information content (AvgIpc) is 2.90. The lowest BCUT2D eigenvalue weighted by atomic mass is 9.95. The summed E-state index contributed by atoms with van der Waals surface area (Å²) < 4.78 is 20.5. The van der Waals surface area contributed by atoms with Gasteiger partial charge in [-0.2, -0.15) is 0 Å². The zero-order chi connectivity index (χ0) is 25.7. The zero-order valence-electron chi connectivity index (χ0n) is 19.4. The molecule has 0 aliphatic carbocycles. The number of phenolic OH excluding ortho intramolecular Hbond substituents is 1. The Bertz CT molecular complexity index is 1180. The number of benzene rings is 3. The van der Waals surface area contributed by atoms with Gasteiger partial charge in [-0.25, -0.2) is 0 Å². The van der Waals surface area contributed by atoms with Crippen LogP contribution >= 0.6 is 0 Å². The highest BCUT2D eigenvalue weighted by Gasteiger charge is 2.25. The second-order valence-electron chi connectivity index (χ2n) is 7.29. The standard InChI is InChI=1S/C26H22O9/c1-32-19-8-16(9-20(12-19)33-2)25(30)23(28)14-5-15(7-18(27)6-14)24(29)26(31)17-10-21(34-3)13-22(11-17)35-4/h5-13,27H,1-4H3. The Kier molecular flexibility index (Phi) is 7.50. The van der Waals surface area contributed by atoms with Crippen molar-refractivity contribution in [1.82, 2.24) is 0 Å². The molecule has 1 N–H and O–H groups in total. The third kappa shape index (κ3) is 5.47. The molecule has 0 aliphatic rings. The molecular formula is C26H22O9. The highest BCUT2D eigenvalue weighted by molar-refractivity contribution is 6.51. The number of rotatable bonds is 10. The number of methoxy groups -OCH3 is 4. The van der Waals surface area contributed by atoms with Gasteiger partial charge in [0.2, 0.25) is 23.1 Å². The lowest BCUT2D eigenvalue weighted by Crippen LogP contribution is -2.18. The summed E-state index contributed by atoms with van der Waals surface area (Å²) in [6.45, 7) is 0. The van der Waals surface area contributed by atoms with Gasteiger partial charge in [0.25, 0.3) is 0 Å². The lowest BCUT2D eigenvalue weighted by Gasteiger charge is -2.09. The summed E-state index contributed by atoms with van der Waals surface area (Å²) in [5, 5.41) is 10.1. The van der Waals surface area contributed by atoms with Crippen molar-refractivity contribution in [2.45, 2.75) is 0 Å². The first-order chi connectivity index (χ1) is 16.7. The maximum Gasteiger partial charge on any atom is 0.233 e. The van der Waals surface area contributed by atoms with Gasteiger partial charge in [-0.15, -0.1) is 0 Å². The van der Waals surface area contributed by atoms with E-state index in [2.05, 4.69) is 0 Å². The summed E-state index contributed by atoms with van der Waals surface area (Å²) in [5.74, 6) is -3.12. The highest BCUT2D eigenvalue weighted by Crippen LogP contribution is 2.26. The van der Waals surface area contributed by atoms with Crippen molar-refractivity contribution in [3.63, 3.8) is 0 Å². The van der Waals surface area contributed by atoms with E-state index in [0.29, 0.717) is 23.0 Å². The monoisotopic (exact) mass is 478 g/mol. The molecule has 0 heterocycles. The number of hydrogen-bond acceptors (Lipinski definition) is 9. The molecule has 3 aromatic rings. The van der Waals surface area contributed by atoms with Crippen LogP contribution in [0.1, 0.15) is 41.4 Å². The topological polar surface area (TPSA) is 125 Å². The van der Waals surface area contributed by atoms with Gasteiger partial charge >= 0.3 is 0 Å². The molecule has 0 saturated heterocycles. The molecule has 3 rings (SSSR count). The molecule has 0 spiro atoms. The average molecular weight is 478 g/mol. The number of Topliss-reactive ketones (excluding diaryl/α,β-unsaturated/α-hetero) is 4. The summed E-state index contributed by atoms with van der Waals surface area (Å²) in [6.07, 6.45) is 0. The number of carbonyl (C=O) groups excluding carboxylic acids is 4. The van der Waals surface area contributed by atoms with Crippen LogP contribution in [0.3, 0.4) is 0 Å². The number of phenols is 1. The third-order valence-electron chi connectivity index (χ3n) is 5.08. The second kappa shape index (κ2) is 10.5. The van der Waals surface area contributed by atoms with E-state index in [-0.39, 0.29) is 22.3 Å². The van der Waals surface area contributed by atoms with Crippen LogP contribution in [0.2, 0.25) is 0 Å². The SMILES string of the molecule is COc1cc(OC)cc(C(=O)C(=O)c2cc(O)cc(C(=O)C(=O)c3cc(OC)cc(OC)c3)c2)c1. The van der Waals surface area contributed by atoms with Crippen LogP contribution in [0.15, 0.2) is 54.6 Å². The molecule has 0 fully saturated rings. The molecule has 0 radical (unpaired) electrons. The largest absolute Gasteiger partial charge is 0.508 e. The van der Waals surface area contributed by atoms with Crippen LogP contribution in [0.5, 0.6) is 28.7 Å². The molecular weight excluding hydrogens is 456 g/mol. The minimum absolute atomic E-state index is 0.0121. The van der Waals surface area contributed by atoms with Crippen molar-refractivity contribution in [2.75, 3.05) is 28.4 Å². The molecule has 0 aliphatic heterocycles. The molecule has 35 heavy (non-hydrogen) atoms. The fourth-order valence-electron chi connectivity index (χ4n) is 3.27. The van der Waals surface area contributed by atoms with E-state index >= 15 is 0 Å². The van der Waals surface area contributed by atoms with Gasteiger partial charge in [-0.05, 0) is 42.5 Å². The van der Waals surface area contributed by atoms with Gasteiger partial charge in [0, 0.05) is 34.4 Å². The minimum atomic E-state index is -0.999. The first-order valence-electron chi connectivity index (χ1n) is 10.2. The quantitative estimate of drug-likeness (QED) is 0.344. The lowest BCUT2D eigenvalue weighted by molar-refractivity contribution is 0.0812. The van der Waals surface area contributed by atoms with E-state index in [9.17, 15) is 24.3 Å². The van der Waals surface area contributed by atoms with E-state index in [1.165, 1.54) is 64.8 Å². The van der Waals surface area contributed by atoms with Crippen molar-refractivity contribution in [2.24, 2.45) is 0 Å². The number of hydrogen-bond donors (Lipinski definition) is 1.